The van der Waals surface area contributed by atoms with Gasteiger partial charge in [-0.1, -0.05) is 54.6 Å². The summed E-state index contributed by atoms with van der Waals surface area (Å²) in [5, 5.41) is 15.4. The van der Waals surface area contributed by atoms with E-state index in [1.54, 1.807) is 0 Å². The average Bonchev–Trinajstić information content (AvgIpc) is 3.27. The minimum absolute atomic E-state index is 0.443. The molecule has 0 aliphatic carbocycles. The average molecular weight is 383 g/mol. The van der Waals surface area contributed by atoms with Crippen molar-refractivity contribution in [2.24, 2.45) is 0 Å². The molecule has 146 valence electrons. The van der Waals surface area contributed by atoms with E-state index in [0.29, 0.717) is 12.1 Å². The molecule has 2 fully saturated rings. The minimum atomic E-state index is -0.716. The number of aliphatic hydroxyl groups is 1. The monoisotopic (exact) mass is 382 g/mol. The van der Waals surface area contributed by atoms with Crippen LogP contribution in [0.1, 0.15) is 36.8 Å². The molecule has 0 amide bonds. The van der Waals surface area contributed by atoms with Gasteiger partial charge in [-0.05, 0) is 59.7 Å². The predicted octanol–water partition coefficient (Wildman–Crippen LogP) is 5.34. The Morgan fingerprint density at radius 3 is 2.45 bits per heavy atom. The summed E-state index contributed by atoms with van der Waals surface area (Å²) >= 11 is 0. The third kappa shape index (κ3) is 2.80. The summed E-state index contributed by atoms with van der Waals surface area (Å²) in [6.45, 7) is 0.965. The van der Waals surface area contributed by atoms with Crippen LogP contribution in [0.25, 0.3) is 21.7 Å². The molecular formula is C26H26N2O. The fourth-order valence-electron chi connectivity index (χ4n) is 5.75. The molecule has 6 rings (SSSR count). The molecular weight excluding hydrogens is 356 g/mol. The quantitative estimate of drug-likeness (QED) is 0.502. The second-order valence-electron chi connectivity index (χ2n) is 8.92. The van der Waals surface area contributed by atoms with Crippen LogP contribution in [-0.4, -0.2) is 27.1 Å². The van der Waals surface area contributed by atoms with Gasteiger partial charge in [0.2, 0.25) is 0 Å². The third-order valence-corrected chi connectivity index (χ3v) is 7.23. The second-order valence-corrected chi connectivity index (χ2v) is 8.92. The number of H-pyrrole nitrogens is 1. The van der Waals surface area contributed by atoms with Crippen molar-refractivity contribution in [1.29, 1.82) is 0 Å². The van der Waals surface area contributed by atoms with Crippen LogP contribution < -0.4 is 0 Å². The van der Waals surface area contributed by atoms with Gasteiger partial charge in [-0.25, -0.2) is 0 Å². The van der Waals surface area contributed by atoms with Crippen molar-refractivity contribution in [1.82, 2.24) is 9.88 Å². The molecule has 3 atom stereocenters. The number of hydrogen-bond acceptors (Lipinski definition) is 2. The van der Waals surface area contributed by atoms with Crippen molar-refractivity contribution in [3.05, 3.63) is 84.1 Å². The van der Waals surface area contributed by atoms with Gasteiger partial charge in [0.15, 0.2) is 0 Å². The van der Waals surface area contributed by atoms with Crippen LogP contribution in [0.4, 0.5) is 0 Å². The topological polar surface area (TPSA) is 39.3 Å². The lowest BCUT2D eigenvalue weighted by Crippen LogP contribution is -2.49. The number of piperidine rings is 1. The summed E-state index contributed by atoms with van der Waals surface area (Å²) in [5.74, 6) is 0. The van der Waals surface area contributed by atoms with E-state index < -0.39 is 5.60 Å². The number of benzene rings is 3. The molecule has 2 bridgehead atoms. The molecule has 3 heteroatoms. The Bertz CT molecular complexity index is 1180. The van der Waals surface area contributed by atoms with Crippen molar-refractivity contribution in [2.45, 2.75) is 49.9 Å². The second kappa shape index (κ2) is 6.45. The van der Waals surface area contributed by atoms with Crippen LogP contribution in [0.5, 0.6) is 0 Å². The normalized spacial score (nSPS) is 27.1. The van der Waals surface area contributed by atoms with Crippen LogP contribution in [0, 0.1) is 0 Å². The van der Waals surface area contributed by atoms with E-state index in [-0.39, 0.29) is 0 Å². The van der Waals surface area contributed by atoms with Crippen LogP contribution in [0.2, 0.25) is 0 Å². The number of fused-ring (bicyclic) bond motifs is 4. The van der Waals surface area contributed by atoms with E-state index in [9.17, 15) is 5.11 Å². The summed E-state index contributed by atoms with van der Waals surface area (Å²) in [6, 6.07) is 24.3. The Morgan fingerprint density at radius 2 is 1.62 bits per heavy atom. The van der Waals surface area contributed by atoms with Gasteiger partial charge >= 0.3 is 0 Å². The van der Waals surface area contributed by atoms with E-state index in [0.717, 1.165) is 24.9 Å². The Labute approximate surface area is 171 Å². The SMILES string of the molecule is OC1(c2ccc3ccccc3c2)C[C@H]2CC[C@@H](C1)N2Cc1c[nH]c2ccccc12. The third-order valence-electron chi connectivity index (χ3n) is 7.23. The number of aromatic amines is 1. The van der Waals surface area contributed by atoms with Crippen molar-refractivity contribution >= 4 is 21.7 Å². The van der Waals surface area contributed by atoms with E-state index in [1.165, 1.54) is 40.1 Å². The Hall–Kier alpha value is -2.62. The number of nitrogens with one attached hydrogen (secondary N) is 1. The van der Waals surface area contributed by atoms with Gasteiger partial charge in [0.25, 0.3) is 0 Å². The molecule has 0 radical (unpaired) electrons. The summed E-state index contributed by atoms with van der Waals surface area (Å²) in [5.41, 5.74) is 2.94. The Balaban J connectivity index is 1.29. The molecule has 2 saturated heterocycles. The number of hydrogen-bond donors (Lipinski definition) is 2. The molecule has 2 N–H and O–H groups in total. The van der Waals surface area contributed by atoms with E-state index in [4.69, 9.17) is 0 Å². The number of nitrogens with zero attached hydrogens (tertiary/aromatic N) is 1. The van der Waals surface area contributed by atoms with Crippen LogP contribution >= 0.6 is 0 Å². The van der Waals surface area contributed by atoms with Gasteiger partial charge in [-0.3, -0.25) is 4.90 Å². The largest absolute Gasteiger partial charge is 0.385 e. The smallest absolute Gasteiger partial charge is 0.0926 e. The lowest BCUT2D eigenvalue weighted by atomic mass is 9.80. The highest BCUT2D eigenvalue weighted by molar-refractivity contribution is 5.83. The van der Waals surface area contributed by atoms with Crippen molar-refractivity contribution < 1.29 is 5.11 Å². The summed E-state index contributed by atoms with van der Waals surface area (Å²) in [4.78, 5) is 6.05. The summed E-state index contributed by atoms with van der Waals surface area (Å²) in [6.07, 6.45) is 6.18. The van der Waals surface area contributed by atoms with Crippen LogP contribution in [0.3, 0.4) is 0 Å². The van der Waals surface area contributed by atoms with Crippen molar-refractivity contribution in [3.63, 3.8) is 0 Å². The van der Waals surface area contributed by atoms with Gasteiger partial charge < -0.3 is 10.1 Å². The fourth-order valence-corrected chi connectivity index (χ4v) is 5.75. The molecule has 3 aromatic carbocycles. The maximum atomic E-state index is 11.7. The highest BCUT2D eigenvalue weighted by atomic mass is 16.3. The first-order valence-electron chi connectivity index (χ1n) is 10.7. The standard InChI is InChI=1S/C26H26N2O/c29-26(21-10-9-18-5-1-2-6-19(18)13-21)14-22-11-12-23(15-26)28(22)17-20-16-27-25-8-4-3-7-24(20)25/h1-10,13,16,22-23,27,29H,11-12,14-15,17H2/t22-,23+,26?. The highest BCUT2D eigenvalue weighted by Gasteiger charge is 2.48. The molecule has 2 aliphatic heterocycles. The summed E-state index contributed by atoms with van der Waals surface area (Å²) in [7, 11) is 0. The van der Waals surface area contributed by atoms with Gasteiger partial charge in [0, 0.05) is 35.7 Å². The van der Waals surface area contributed by atoms with Gasteiger partial charge in [-0.15, -0.1) is 0 Å². The fraction of sp³-hybridized carbons (Fsp3) is 0.308. The molecule has 1 unspecified atom stereocenters. The lowest BCUT2D eigenvalue weighted by Gasteiger charge is -2.44. The first kappa shape index (κ1) is 17.3. The maximum Gasteiger partial charge on any atom is 0.0926 e. The van der Waals surface area contributed by atoms with E-state index in [1.807, 2.05) is 0 Å². The first-order chi connectivity index (χ1) is 14.2. The molecule has 0 saturated carbocycles. The molecule has 1 aromatic heterocycles. The van der Waals surface area contributed by atoms with Gasteiger partial charge in [0.05, 0.1) is 5.60 Å². The zero-order valence-electron chi connectivity index (χ0n) is 16.5. The maximum absolute atomic E-state index is 11.7. The van der Waals surface area contributed by atoms with Crippen molar-refractivity contribution in [3.8, 4) is 0 Å². The number of rotatable bonds is 3. The predicted molar refractivity (Wildman–Crippen MR) is 118 cm³/mol. The van der Waals surface area contributed by atoms with Crippen LogP contribution in [-0.2, 0) is 12.1 Å². The molecule has 2 aliphatic rings. The zero-order valence-corrected chi connectivity index (χ0v) is 16.5. The van der Waals surface area contributed by atoms with Gasteiger partial charge in [0.1, 0.15) is 0 Å². The van der Waals surface area contributed by atoms with Crippen LogP contribution in [0.15, 0.2) is 72.9 Å². The summed E-state index contributed by atoms with van der Waals surface area (Å²) < 4.78 is 0. The molecule has 29 heavy (non-hydrogen) atoms. The Morgan fingerprint density at radius 1 is 0.897 bits per heavy atom. The molecule has 0 spiro atoms. The Kier molecular flexibility index (Phi) is 3.84. The van der Waals surface area contributed by atoms with Gasteiger partial charge in [-0.2, -0.15) is 0 Å². The van der Waals surface area contributed by atoms with Crippen molar-refractivity contribution in [2.75, 3.05) is 0 Å². The first-order valence-corrected chi connectivity index (χ1v) is 10.7. The van der Waals surface area contributed by atoms with E-state index >= 15 is 0 Å². The minimum Gasteiger partial charge on any atom is -0.385 e. The molecule has 3 nitrogen and oxygen atoms in total. The number of aromatic nitrogens is 1. The lowest BCUT2D eigenvalue weighted by molar-refractivity contribution is -0.0593. The molecule has 3 heterocycles. The number of para-hydroxylation sites is 1. The molecule has 4 aromatic rings. The van der Waals surface area contributed by atoms with E-state index in [2.05, 4.69) is 82.8 Å². The zero-order chi connectivity index (χ0) is 19.4. The highest BCUT2D eigenvalue weighted by Crippen LogP contribution is 2.46.